The number of unbranched alkanes of at least 4 members (excludes halogenated alkanes) is 1. The van der Waals surface area contributed by atoms with Gasteiger partial charge in [-0.2, -0.15) is 4.31 Å². The van der Waals surface area contributed by atoms with Crippen molar-refractivity contribution < 1.29 is 13.5 Å². The number of sulfonamides is 1. The quantitative estimate of drug-likeness (QED) is 0.714. The van der Waals surface area contributed by atoms with E-state index in [4.69, 9.17) is 10.8 Å². The average molecular weight is 306 g/mol. The van der Waals surface area contributed by atoms with Crippen LogP contribution in [0.1, 0.15) is 24.6 Å². The Kier molecular flexibility index (Phi) is 6.95. The highest BCUT2D eigenvalue weighted by atomic mass is 32.2. The third kappa shape index (κ3) is 4.54. The first-order valence-corrected chi connectivity index (χ1v) is 8.71. The second kappa shape index (κ2) is 7.96. The van der Waals surface area contributed by atoms with Gasteiger partial charge in [-0.1, -0.05) is 13.3 Å². The minimum Gasteiger partial charge on any atom is -0.395 e. The number of nitrogens with two attached hydrogens (primary N) is 1. The molecule has 0 aliphatic rings. The second-order valence-electron chi connectivity index (χ2n) is 4.24. The maximum absolute atomic E-state index is 12.4. The van der Waals surface area contributed by atoms with Crippen LogP contribution in [0, 0.1) is 0 Å². The summed E-state index contributed by atoms with van der Waals surface area (Å²) in [6.45, 7) is 2.95. The maximum atomic E-state index is 12.4. The Labute approximate surface area is 119 Å². The molecule has 0 fully saturated rings. The molecule has 1 rings (SSSR count). The molecule has 0 unspecified atom stereocenters. The van der Waals surface area contributed by atoms with E-state index in [1.54, 1.807) is 12.1 Å². The SMILES string of the molecule is CCCCN(CCO)S(=O)(=O)c1ccc(CCN)s1. The Morgan fingerprint density at radius 2 is 2.11 bits per heavy atom. The molecule has 1 aromatic rings. The van der Waals surface area contributed by atoms with Gasteiger partial charge in [0.15, 0.2) is 0 Å². The zero-order chi connectivity index (χ0) is 14.3. The fourth-order valence-electron chi connectivity index (χ4n) is 1.70. The fraction of sp³-hybridized carbons (Fsp3) is 0.667. The molecule has 110 valence electrons. The van der Waals surface area contributed by atoms with Gasteiger partial charge in [0.1, 0.15) is 4.21 Å². The van der Waals surface area contributed by atoms with Crippen LogP contribution in [0.2, 0.25) is 0 Å². The van der Waals surface area contributed by atoms with Crippen molar-refractivity contribution in [1.82, 2.24) is 4.31 Å². The summed E-state index contributed by atoms with van der Waals surface area (Å²) in [5.41, 5.74) is 5.47. The van der Waals surface area contributed by atoms with Crippen LogP contribution in [0.25, 0.3) is 0 Å². The van der Waals surface area contributed by atoms with Crippen molar-refractivity contribution in [3.8, 4) is 0 Å². The highest BCUT2D eigenvalue weighted by molar-refractivity contribution is 7.91. The predicted molar refractivity (Wildman–Crippen MR) is 77.8 cm³/mol. The van der Waals surface area contributed by atoms with E-state index in [1.165, 1.54) is 15.6 Å². The van der Waals surface area contributed by atoms with Crippen LogP contribution in [-0.2, 0) is 16.4 Å². The predicted octanol–water partition coefficient (Wildman–Crippen LogP) is 1.03. The summed E-state index contributed by atoms with van der Waals surface area (Å²) in [7, 11) is -3.48. The Morgan fingerprint density at radius 3 is 2.68 bits per heavy atom. The van der Waals surface area contributed by atoms with Crippen molar-refractivity contribution in [3.63, 3.8) is 0 Å². The molecule has 7 heteroatoms. The largest absolute Gasteiger partial charge is 0.395 e. The summed E-state index contributed by atoms with van der Waals surface area (Å²) in [5.74, 6) is 0. The minimum absolute atomic E-state index is 0.145. The molecule has 0 atom stereocenters. The number of thiophene rings is 1. The fourth-order valence-corrected chi connectivity index (χ4v) is 4.69. The van der Waals surface area contributed by atoms with Crippen LogP contribution in [0.15, 0.2) is 16.3 Å². The highest BCUT2D eigenvalue weighted by Crippen LogP contribution is 2.25. The number of hydrogen-bond donors (Lipinski definition) is 2. The monoisotopic (exact) mass is 306 g/mol. The molecular formula is C12H22N2O3S2. The van der Waals surface area contributed by atoms with Crippen LogP contribution >= 0.6 is 11.3 Å². The second-order valence-corrected chi connectivity index (χ2v) is 7.57. The van der Waals surface area contributed by atoms with Gasteiger partial charge in [-0.25, -0.2) is 8.42 Å². The van der Waals surface area contributed by atoms with Gasteiger partial charge in [-0.15, -0.1) is 11.3 Å². The topological polar surface area (TPSA) is 83.6 Å². The zero-order valence-electron chi connectivity index (χ0n) is 11.2. The molecule has 0 aliphatic heterocycles. The summed E-state index contributed by atoms with van der Waals surface area (Å²) < 4.78 is 26.6. The van der Waals surface area contributed by atoms with Gasteiger partial charge in [0.25, 0.3) is 10.0 Å². The minimum atomic E-state index is -3.48. The maximum Gasteiger partial charge on any atom is 0.252 e. The molecule has 0 amide bonds. The third-order valence-electron chi connectivity index (χ3n) is 2.73. The molecule has 5 nitrogen and oxygen atoms in total. The molecule has 0 spiro atoms. The first-order valence-electron chi connectivity index (χ1n) is 6.46. The lowest BCUT2D eigenvalue weighted by Gasteiger charge is -2.19. The lowest BCUT2D eigenvalue weighted by molar-refractivity contribution is 0.252. The molecule has 0 aliphatic carbocycles. The lowest BCUT2D eigenvalue weighted by atomic mass is 10.3. The van der Waals surface area contributed by atoms with Crippen molar-refractivity contribution in [3.05, 3.63) is 17.0 Å². The molecule has 0 radical (unpaired) electrons. The molecule has 0 aromatic carbocycles. The molecule has 0 saturated heterocycles. The van der Waals surface area contributed by atoms with Crippen LogP contribution in [0.4, 0.5) is 0 Å². The van der Waals surface area contributed by atoms with E-state index in [0.29, 0.717) is 23.7 Å². The van der Waals surface area contributed by atoms with Gasteiger partial charge in [-0.05, 0) is 31.5 Å². The van der Waals surface area contributed by atoms with Crippen LogP contribution in [0.5, 0.6) is 0 Å². The summed E-state index contributed by atoms with van der Waals surface area (Å²) in [6.07, 6.45) is 2.40. The van der Waals surface area contributed by atoms with Crippen molar-refractivity contribution in [2.75, 3.05) is 26.2 Å². The summed E-state index contributed by atoms with van der Waals surface area (Å²) in [5, 5.41) is 9.02. The van der Waals surface area contributed by atoms with Gasteiger partial charge in [0, 0.05) is 18.0 Å². The van der Waals surface area contributed by atoms with Crippen molar-refractivity contribution >= 4 is 21.4 Å². The standard InChI is InChI=1S/C12H22N2O3S2/c1-2-3-8-14(9-10-15)19(16,17)12-5-4-11(18-12)6-7-13/h4-5,15H,2-3,6-10,13H2,1H3. The number of aliphatic hydroxyl groups is 1. The summed E-state index contributed by atoms with van der Waals surface area (Å²) >= 11 is 1.26. The zero-order valence-corrected chi connectivity index (χ0v) is 12.8. The molecular weight excluding hydrogens is 284 g/mol. The molecule has 1 aromatic heterocycles. The van der Waals surface area contributed by atoms with Gasteiger partial charge in [0.2, 0.25) is 0 Å². The molecule has 3 N–H and O–H groups in total. The number of hydrogen-bond acceptors (Lipinski definition) is 5. The molecule has 0 bridgehead atoms. The van der Waals surface area contributed by atoms with Crippen LogP contribution in [-0.4, -0.2) is 44.1 Å². The average Bonchev–Trinajstić information content (AvgIpc) is 2.84. The van der Waals surface area contributed by atoms with E-state index in [9.17, 15) is 8.42 Å². The van der Waals surface area contributed by atoms with Crippen molar-refractivity contribution in [2.24, 2.45) is 5.73 Å². The Hall–Kier alpha value is -0.470. The molecule has 0 saturated carbocycles. The van der Waals surface area contributed by atoms with Gasteiger partial charge in [-0.3, -0.25) is 0 Å². The van der Waals surface area contributed by atoms with E-state index in [2.05, 4.69) is 0 Å². The van der Waals surface area contributed by atoms with Crippen LogP contribution < -0.4 is 5.73 Å². The Morgan fingerprint density at radius 1 is 1.37 bits per heavy atom. The molecule has 1 heterocycles. The van der Waals surface area contributed by atoms with E-state index < -0.39 is 10.0 Å². The normalized spacial score (nSPS) is 12.2. The number of aliphatic hydroxyl groups excluding tert-OH is 1. The Bertz CT molecular complexity index is 471. The van der Waals surface area contributed by atoms with Crippen LogP contribution in [0.3, 0.4) is 0 Å². The van der Waals surface area contributed by atoms with Gasteiger partial charge in [0.05, 0.1) is 6.61 Å². The van der Waals surface area contributed by atoms with E-state index >= 15 is 0 Å². The smallest absolute Gasteiger partial charge is 0.252 e. The van der Waals surface area contributed by atoms with Crippen molar-refractivity contribution in [1.29, 1.82) is 0 Å². The summed E-state index contributed by atoms with van der Waals surface area (Å²) in [6, 6.07) is 3.43. The lowest BCUT2D eigenvalue weighted by Crippen LogP contribution is -2.34. The summed E-state index contributed by atoms with van der Waals surface area (Å²) in [4.78, 5) is 0.973. The molecule has 19 heavy (non-hydrogen) atoms. The first kappa shape index (κ1) is 16.6. The van der Waals surface area contributed by atoms with Gasteiger partial charge >= 0.3 is 0 Å². The highest BCUT2D eigenvalue weighted by Gasteiger charge is 2.25. The van der Waals surface area contributed by atoms with E-state index in [0.717, 1.165) is 17.7 Å². The van der Waals surface area contributed by atoms with Crippen molar-refractivity contribution in [2.45, 2.75) is 30.4 Å². The van der Waals surface area contributed by atoms with E-state index in [-0.39, 0.29) is 13.2 Å². The Balaban J connectivity index is 2.90. The number of nitrogens with zero attached hydrogens (tertiary/aromatic N) is 1. The first-order chi connectivity index (χ1) is 9.06. The van der Waals surface area contributed by atoms with Gasteiger partial charge < -0.3 is 10.8 Å². The third-order valence-corrected chi connectivity index (χ3v) is 6.24. The van der Waals surface area contributed by atoms with E-state index in [1.807, 2.05) is 6.92 Å². The number of rotatable bonds is 9.